The lowest BCUT2D eigenvalue weighted by Crippen LogP contribution is -2.15. The summed E-state index contributed by atoms with van der Waals surface area (Å²) in [5, 5.41) is 13.3. The van der Waals surface area contributed by atoms with Crippen LogP contribution in [0.3, 0.4) is 0 Å². The van der Waals surface area contributed by atoms with Crippen molar-refractivity contribution >= 4 is 21.4 Å². The Hall–Kier alpha value is -0.860. The van der Waals surface area contributed by atoms with Crippen LogP contribution >= 0.6 is 11.3 Å². The van der Waals surface area contributed by atoms with Crippen molar-refractivity contribution in [2.45, 2.75) is 32.8 Å². The summed E-state index contributed by atoms with van der Waals surface area (Å²) in [6, 6.07) is 8.58. The van der Waals surface area contributed by atoms with Gasteiger partial charge in [0.05, 0.1) is 6.10 Å². The Morgan fingerprint density at radius 2 is 2.06 bits per heavy atom. The molecular formula is C14H18OS. The summed E-state index contributed by atoms with van der Waals surface area (Å²) in [7, 11) is 0. The molecule has 0 radical (unpaired) electrons. The Morgan fingerprint density at radius 3 is 2.81 bits per heavy atom. The highest BCUT2D eigenvalue weighted by atomic mass is 32.1. The molecule has 0 saturated carbocycles. The molecule has 0 bridgehead atoms. The minimum Gasteiger partial charge on any atom is -0.393 e. The van der Waals surface area contributed by atoms with Crippen molar-refractivity contribution in [3.05, 3.63) is 35.2 Å². The third-order valence-corrected chi connectivity index (χ3v) is 4.05. The molecule has 2 heteroatoms. The number of hydrogen-bond acceptors (Lipinski definition) is 2. The lowest BCUT2D eigenvalue weighted by Gasteiger charge is -2.14. The highest BCUT2D eigenvalue weighted by Crippen LogP contribution is 2.26. The fourth-order valence-electron chi connectivity index (χ4n) is 1.89. The van der Waals surface area contributed by atoms with Gasteiger partial charge in [0, 0.05) is 4.70 Å². The quantitative estimate of drug-likeness (QED) is 0.852. The number of aliphatic hydroxyl groups excluding tert-OH is 1. The van der Waals surface area contributed by atoms with Gasteiger partial charge in [0.2, 0.25) is 0 Å². The number of benzene rings is 1. The van der Waals surface area contributed by atoms with Gasteiger partial charge in [-0.25, -0.2) is 0 Å². The molecule has 1 N–H and O–H groups in total. The molecular weight excluding hydrogens is 216 g/mol. The summed E-state index contributed by atoms with van der Waals surface area (Å²) in [4.78, 5) is 0. The molecule has 0 aliphatic carbocycles. The maximum atomic E-state index is 9.81. The fourth-order valence-corrected chi connectivity index (χ4v) is 2.83. The molecule has 0 spiro atoms. The zero-order valence-electron chi connectivity index (χ0n) is 9.81. The van der Waals surface area contributed by atoms with E-state index in [9.17, 15) is 5.11 Å². The lowest BCUT2D eigenvalue weighted by atomic mass is 9.99. The molecule has 0 amide bonds. The number of fused-ring (bicyclic) bond motifs is 1. The Bertz CT molecular complexity index is 458. The van der Waals surface area contributed by atoms with Gasteiger partial charge < -0.3 is 5.11 Å². The second kappa shape index (κ2) is 4.98. The molecule has 0 aliphatic heterocycles. The minimum absolute atomic E-state index is 0.185. The summed E-state index contributed by atoms with van der Waals surface area (Å²) < 4.78 is 1.37. The van der Waals surface area contributed by atoms with Gasteiger partial charge in [-0.05, 0) is 41.2 Å². The molecule has 1 unspecified atom stereocenters. The lowest BCUT2D eigenvalue weighted by molar-refractivity contribution is 0.116. The first-order valence-electron chi connectivity index (χ1n) is 5.81. The zero-order chi connectivity index (χ0) is 11.5. The molecule has 86 valence electrons. The molecule has 0 fully saturated rings. The van der Waals surface area contributed by atoms with Crippen molar-refractivity contribution in [1.82, 2.24) is 0 Å². The Labute approximate surface area is 101 Å². The van der Waals surface area contributed by atoms with Crippen LogP contribution in [0.2, 0.25) is 0 Å². The van der Waals surface area contributed by atoms with E-state index in [1.165, 1.54) is 15.6 Å². The van der Waals surface area contributed by atoms with E-state index in [1.807, 2.05) is 0 Å². The van der Waals surface area contributed by atoms with Crippen LogP contribution in [0.25, 0.3) is 10.1 Å². The molecule has 1 heterocycles. The molecule has 0 saturated heterocycles. The van der Waals surface area contributed by atoms with Crippen LogP contribution in [0.15, 0.2) is 29.6 Å². The standard InChI is InChI=1S/C14H18OS/c1-10(2)13(15)7-6-11-4-3-5-12-8-9-16-14(11)12/h3-5,8-10,13,15H,6-7H2,1-2H3. The predicted octanol–water partition coefficient (Wildman–Crippen LogP) is 3.85. The maximum Gasteiger partial charge on any atom is 0.0566 e. The summed E-state index contributed by atoms with van der Waals surface area (Å²) >= 11 is 1.79. The first-order valence-corrected chi connectivity index (χ1v) is 6.69. The number of aliphatic hydroxyl groups is 1. The summed E-state index contributed by atoms with van der Waals surface area (Å²) in [5.74, 6) is 0.350. The Balaban J connectivity index is 2.12. The smallest absolute Gasteiger partial charge is 0.0566 e. The third-order valence-electron chi connectivity index (χ3n) is 3.04. The van der Waals surface area contributed by atoms with Crippen molar-refractivity contribution in [1.29, 1.82) is 0 Å². The van der Waals surface area contributed by atoms with Crippen LogP contribution < -0.4 is 0 Å². The molecule has 16 heavy (non-hydrogen) atoms. The van der Waals surface area contributed by atoms with Crippen LogP contribution in [0.5, 0.6) is 0 Å². The van der Waals surface area contributed by atoms with E-state index in [0.29, 0.717) is 5.92 Å². The SMILES string of the molecule is CC(C)C(O)CCc1cccc2ccsc12. The molecule has 1 nitrogen and oxygen atoms in total. The predicted molar refractivity (Wildman–Crippen MR) is 71.0 cm³/mol. The van der Waals surface area contributed by atoms with E-state index in [2.05, 4.69) is 43.5 Å². The highest BCUT2D eigenvalue weighted by molar-refractivity contribution is 7.17. The fraction of sp³-hybridized carbons (Fsp3) is 0.429. The van der Waals surface area contributed by atoms with Crippen LogP contribution in [-0.4, -0.2) is 11.2 Å². The average molecular weight is 234 g/mol. The topological polar surface area (TPSA) is 20.2 Å². The Kier molecular flexibility index (Phi) is 3.62. The summed E-state index contributed by atoms with van der Waals surface area (Å²) in [5.41, 5.74) is 1.37. The van der Waals surface area contributed by atoms with Crippen molar-refractivity contribution in [2.24, 2.45) is 5.92 Å². The van der Waals surface area contributed by atoms with Crippen LogP contribution in [0.1, 0.15) is 25.8 Å². The van der Waals surface area contributed by atoms with E-state index in [1.54, 1.807) is 11.3 Å². The molecule has 0 aliphatic rings. The first kappa shape index (κ1) is 11.6. The van der Waals surface area contributed by atoms with E-state index in [4.69, 9.17) is 0 Å². The molecule has 1 aromatic carbocycles. The molecule has 2 rings (SSSR count). The van der Waals surface area contributed by atoms with E-state index >= 15 is 0 Å². The van der Waals surface area contributed by atoms with Crippen molar-refractivity contribution in [2.75, 3.05) is 0 Å². The van der Waals surface area contributed by atoms with Crippen molar-refractivity contribution in [3.8, 4) is 0 Å². The highest BCUT2D eigenvalue weighted by Gasteiger charge is 2.10. The second-order valence-electron chi connectivity index (χ2n) is 4.61. The number of aryl methyl sites for hydroxylation is 1. The number of thiophene rings is 1. The van der Waals surface area contributed by atoms with Gasteiger partial charge in [-0.3, -0.25) is 0 Å². The third kappa shape index (κ3) is 2.45. The largest absolute Gasteiger partial charge is 0.393 e. The number of hydrogen-bond donors (Lipinski definition) is 1. The normalized spacial score (nSPS) is 13.5. The van der Waals surface area contributed by atoms with E-state index < -0.39 is 0 Å². The van der Waals surface area contributed by atoms with Crippen LogP contribution in [0.4, 0.5) is 0 Å². The van der Waals surface area contributed by atoms with Gasteiger partial charge in [-0.1, -0.05) is 32.0 Å². The first-order chi connectivity index (χ1) is 7.68. The molecule has 1 atom stereocenters. The number of rotatable bonds is 4. The van der Waals surface area contributed by atoms with Crippen LogP contribution in [-0.2, 0) is 6.42 Å². The van der Waals surface area contributed by atoms with Crippen LogP contribution in [0, 0.1) is 5.92 Å². The summed E-state index contributed by atoms with van der Waals surface area (Å²) in [6.45, 7) is 4.13. The van der Waals surface area contributed by atoms with Crippen molar-refractivity contribution in [3.63, 3.8) is 0 Å². The van der Waals surface area contributed by atoms with Gasteiger partial charge in [0.25, 0.3) is 0 Å². The Morgan fingerprint density at radius 1 is 1.25 bits per heavy atom. The van der Waals surface area contributed by atoms with E-state index in [0.717, 1.165) is 12.8 Å². The average Bonchev–Trinajstić information content (AvgIpc) is 2.73. The van der Waals surface area contributed by atoms with Gasteiger partial charge in [0.15, 0.2) is 0 Å². The second-order valence-corrected chi connectivity index (χ2v) is 5.52. The summed E-state index contributed by atoms with van der Waals surface area (Å²) in [6.07, 6.45) is 1.64. The van der Waals surface area contributed by atoms with E-state index in [-0.39, 0.29) is 6.10 Å². The monoisotopic (exact) mass is 234 g/mol. The molecule has 1 aromatic heterocycles. The minimum atomic E-state index is -0.185. The van der Waals surface area contributed by atoms with Gasteiger partial charge in [-0.15, -0.1) is 11.3 Å². The van der Waals surface area contributed by atoms with Crippen molar-refractivity contribution < 1.29 is 5.11 Å². The zero-order valence-corrected chi connectivity index (χ0v) is 10.6. The molecule has 2 aromatic rings. The van der Waals surface area contributed by atoms with Gasteiger partial charge >= 0.3 is 0 Å². The van der Waals surface area contributed by atoms with Gasteiger partial charge in [-0.2, -0.15) is 0 Å². The van der Waals surface area contributed by atoms with Gasteiger partial charge in [0.1, 0.15) is 0 Å². The maximum absolute atomic E-state index is 9.81.